The Morgan fingerprint density at radius 1 is 1.42 bits per heavy atom. The SMILES string of the molecule is CN=C(NCC(C)Oc1cccc(Cl)c1)N1CCC(COCCOC)C1. The second kappa shape index (κ2) is 11.3. The Morgan fingerprint density at radius 2 is 2.27 bits per heavy atom. The number of methoxy groups -OCH3 is 1. The van der Waals surface area contributed by atoms with Crippen LogP contribution in [-0.2, 0) is 9.47 Å². The molecule has 1 aromatic carbocycles. The number of halogens is 1. The molecule has 0 amide bonds. The maximum atomic E-state index is 5.99. The van der Waals surface area contributed by atoms with Crippen LogP contribution in [0.3, 0.4) is 0 Å². The second-order valence-electron chi connectivity index (χ2n) is 6.48. The Morgan fingerprint density at radius 3 is 3.00 bits per heavy atom. The van der Waals surface area contributed by atoms with Crippen molar-refractivity contribution in [3.63, 3.8) is 0 Å². The van der Waals surface area contributed by atoms with Crippen LogP contribution in [0.25, 0.3) is 0 Å². The highest BCUT2D eigenvalue weighted by atomic mass is 35.5. The number of guanidine groups is 1. The first-order valence-corrected chi connectivity index (χ1v) is 9.44. The molecule has 26 heavy (non-hydrogen) atoms. The molecule has 1 heterocycles. The van der Waals surface area contributed by atoms with E-state index in [0.29, 0.717) is 30.7 Å². The molecule has 0 aliphatic carbocycles. The Bertz CT molecular complexity index is 571. The molecule has 0 aromatic heterocycles. The van der Waals surface area contributed by atoms with Crippen molar-refractivity contribution in [3.05, 3.63) is 29.3 Å². The minimum Gasteiger partial charge on any atom is -0.489 e. The number of hydrogen-bond acceptors (Lipinski definition) is 4. The van der Waals surface area contributed by atoms with Crippen LogP contribution in [0.5, 0.6) is 5.75 Å². The smallest absolute Gasteiger partial charge is 0.193 e. The first-order valence-electron chi connectivity index (χ1n) is 9.07. The lowest BCUT2D eigenvalue weighted by molar-refractivity contribution is 0.0536. The van der Waals surface area contributed by atoms with E-state index >= 15 is 0 Å². The molecule has 1 N–H and O–H groups in total. The van der Waals surface area contributed by atoms with Crippen LogP contribution >= 0.6 is 11.6 Å². The van der Waals surface area contributed by atoms with Gasteiger partial charge in [-0.1, -0.05) is 17.7 Å². The van der Waals surface area contributed by atoms with Gasteiger partial charge in [-0.3, -0.25) is 4.99 Å². The van der Waals surface area contributed by atoms with E-state index in [1.54, 1.807) is 7.11 Å². The van der Waals surface area contributed by atoms with Crippen LogP contribution in [0.15, 0.2) is 29.3 Å². The third-order valence-electron chi connectivity index (χ3n) is 4.26. The first kappa shape index (κ1) is 20.8. The Balaban J connectivity index is 1.72. The molecule has 2 atom stereocenters. The summed E-state index contributed by atoms with van der Waals surface area (Å²) in [6.45, 7) is 6.70. The molecule has 2 unspecified atom stereocenters. The van der Waals surface area contributed by atoms with Gasteiger partial charge in [0.05, 0.1) is 26.4 Å². The molecule has 1 aromatic rings. The quantitative estimate of drug-likeness (QED) is 0.403. The molecule has 7 heteroatoms. The molecule has 2 rings (SSSR count). The van der Waals surface area contributed by atoms with E-state index in [4.69, 9.17) is 25.8 Å². The van der Waals surface area contributed by atoms with Crippen LogP contribution in [0.4, 0.5) is 0 Å². The standard InChI is InChI=1S/C19H30ClN3O3/c1-15(26-18-6-4-5-17(20)11-18)12-22-19(21-2)23-8-7-16(13-23)14-25-10-9-24-3/h4-6,11,15-16H,7-10,12-14H2,1-3H3,(H,21,22). The first-order chi connectivity index (χ1) is 12.6. The average Bonchev–Trinajstić information content (AvgIpc) is 3.08. The van der Waals surface area contributed by atoms with Crippen LogP contribution in [0, 0.1) is 5.92 Å². The van der Waals surface area contributed by atoms with Crippen molar-refractivity contribution in [1.82, 2.24) is 10.2 Å². The van der Waals surface area contributed by atoms with E-state index < -0.39 is 0 Å². The fraction of sp³-hybridized carbons (Fsp3) is 0.632. The van der Waals surface area contributed by atoms with Crippen molar-refractivity contribution in [2.24, 2.45) is 10.9 Å². The van der Waals surface area contributed by atoms with Gasteiger partial charge in [0.15, 0.2) is 5.96 Å². The van der Waals surface area contributed by atoms with E-state index in [2.05, 4.69) is 15.2 Å². The number of hydrogen-bond donors (Lipinski definition) is 1. The minimum atomic E-state index is 0.000920. The van der Waals surface area contributed by atoms with Crippen LogP contribution in [0.1, 0.15) is 13.3 Å². The van der Waals surface area contributed by atoms with Gasteiger partial charge >= 0.3 is 0 Å². The van der Waals surface area contributed by atoms with Crippen molar-refractivity contribution < 1.29 is 14.2 Å². The molecular formula is C19H30ClN3O3. The molecule has 1 fully saturated rings. The summed E-state index contributed by atoms with van der Waals surface area (Å²) in [5, 5.41) is 4.08. The summed E-state index contributed by atoms with van der Waals surface area (Å²) >= 11 is 5.99. The lowest BCUT2D eigenvalue weighted by atomic mass is 10.1. The number of likely N-dealkylation sites (tertiary alicyclic amines) is 1. The number of nitrogens with one attached hydrogen (secondary N) is 1. The van der Waals surface area contributed by atoms with Crippen molar-refractivity contribution in [3.8, 4) is 5.75 Å². The number of ether oxygens (including phenoxy) is 3. The van der Waals surface area contributed by atoms with Gasteiger partial charge in [0.1, 0.15) is 11.9 Å². The van der Waals surface area contributed by atoms with Crippen LogP contribution < -0.4 is 10.1 Å². The summed E-state index contributed by atoms with van der Waals surface area (Å²) in [5.41, 5.74) is 0. The average molecular weight is 384 g/mol. The van der Waals surface area contributed by atoms with Crippen molar-refractivity contribution >= 4 is 17.6 Å². The summed E-state index contributed by atoms with van der Waals surface area (Å²) in [4.78, 5) is 6.68. The van der Waals surface area contributed by atoms with E-state index in [0.717, 1.165) is 37.8 Å². The normalized spacial score (nSPS) is 18.8. The summed E-state index contributed by atoms with van der Waals surface area (Å²) < 4.78 is 16.6. The Hall–Kier alpha value is -1.50. The zero-order chi connectivity index (χ0) is 18.8. The molecule has 1 aliphatic rings. The van der Waals surface area contributed by atoms with E-state index in [1.807, 2.05) is 38.2 Å². The molecule has 146 valence electrons. The van der Waals surface area contributed by atoms with E-state index in [1.165, 1.54) is 0 Å². The van der Waals surface area contributed by atoms with Gasteiger partial charge in [-0.15, -0.1) is 0 Å². The Kier molecular flexibility index (Phi) is 9.01. The maximum absolute atomic E-state index is 5.99. The highest BCUT2D eigenvalue weighted by Crippen LogP contribution is 2.19. The van der Waals surface area contributed by atoms with Crippen molar-refractivity contribution in [1.29, 1.82) is 0 Å². The largest absolute Gasteiger partial charge is 0.489 e. The predicted octanol–water partition coefficient (Wildman–Crippen LogP) is 2.67. The van der Waals surface area contributed by atoms with Gasteiger partial charge in [-0.2, -0.15) is 0 Å². The van der Waals surface area contributed by atoms with Gasteiger partial charge in [-0.25, -0.2) is 0 Å². The maximum Gasteiger partial charge on any atom is 0.193 e. The summed E-state index contributed by atoms with van der Waals surface area (Å²) in [5.74, 6) is 2.22. The van der Waals surface area contributed by atoms with Gasteiger partial charge in [0, 0.05) is 38.2 Å². The number of nitrogens with zero attached hydrogens (tertiary/aromatic N) is 2. The highest BCUT2D eigenvalue weighted by Gasteiger charge is 2.25. The molecule has 0 spiro atoms. The van der Waals surface area contributed by atoms with Gasteiger partial charge < -0.3 is 24.4 Å². The lowest BCUT2D eigenvalue weighted by Crippen LogP contribution is -2.43. The second-order valence-corrected chi connectivity index (χ2v) is 6.92. The minimum absolute atomic E-state index is 0.000920. The number of rotatable bonds is 9. The molecule has 1 aliphatic heterocycles. The van der Waals surface area contributed by atoms with Crippen LogP contribution in [-0.4, -0.2) is 70.6 Å². The van der Waals surface area contributed by atoms with Crippen molar-refractivity contribution in [2.75, 3.05) is 53.6 Å². The molecule has 0 bridgehead atoms. The van der Waals surface area contributed by atoms with Crippen LogP contribution in [0.2, 0.25) is 5.02 Å². The predicted molar refractivity (Wildman–Crippen MR) is 105 cm³/mol. The third kappa shape index (κ3) is 7.02. The summed E-state index contributed by atoms with van der Waals surface area (Å²) in [7, 11) is 3.50. The molecule has 6 nitrogen and oxygen atoms in total. The topological polar surface area (TPSA) is 55.3 Å². The third-order valence-corrected chi connectivity index (χ3v) is 4.50. The zero-order valence-corrected chi connectivity index (χ0v) is 16.7. The molecule has 0 saturated carbocycles. The summed E-state index contributed by atoms with van der Waals surface area (Å²) in [6, 6.07) is 7.45. The molecule has 0 radical (unpaired) electrons. The monoisotopic (exact) mass is 383 g/mol. The molecular weight excluding hydrogens is 354 g/mol. The lowest BCUT2D eigenvalue weighted by Gasteiger charge is -2.23. The van der Waals surface area contributed by atoms with E-state index in [9.17, 15) is 0 Å². The van der Waals surface area contributed by atoms with Gasteiger partial charge in [-0.05, 0) is 31.5 Å². The van der Waals surface area contributed by atoms with Gasteiger partial charge in [0.2, 0.25) is 0 Å². The number of aliphatic imine (C=N–C) groups is 1. The van der Waals surface area contributed by atoms with Crippen molar-refractivity contribution in [2.45, 2.75) is 19.4 Å². The highest BCUT2D eigenvalue weighted by molar-refractivity contribution is 6.30. The summed E-state index contributed by atoms with van der Waals surface area (Å²) in [6.07, 6.45) is 1.11. The Labute approximate surface area is 161 Å². The number of benzene rings is 1. The fourth-order valence-electron chi connectivity index (χ4n) is 2.93. The van der Waals surface area contributed by atoms with E-state index in [-0.39, 0.29) is 6.10 Å². The molecule has 1 saturated heterocycles. The zero-order valence-electron chi connectivity index (χ0n) is 15.9. The fourth-order valence-corrected chi connectivity index (χ4v) is 3.12. The van der Waals surface area contributed by atoms with Gasteiger partial charge in [0.25, 0.3) is 0 Å².